The second kappa shape index (κ2) is 4.78. The summed E-state index contributed by atoms with van der Waals surface area (Å²) in [5.74, 6) is -0.108. The van der Waals surface area contributed by atoms with Gasteiger partial charge in [0.2, 0.25) is 5.88 Å². The summed E-state index contributed by atoms with van der Waals surface area (Å²) in [7, 11) is 0. The monoisotopic (exact) mass is 289 g/mol. The Balaban J connectivity index is 2.09. The summed E-state index contributed by atoms with van der Waals surface area (Å²) < 4.78 is 0. The van der Waals surface area contributed by atoms with E-state index in [0.29, 0.717) is 5.39 Å². The molecule has 2 heterocycles. The minimum Gasteiger partial charge on any atom is -0.493 e. The average molecular weight is 290 g/mol. The SMILES string of the molecule is O=c1[nH]ncc(N=Nc2c(O)[nH]c3ccccc23)c1Cl. The topological polar surface area (TPSA) is 106 Å². The molecule has 3 aromatic rings. The minimum atomic E-state index is -0.550. The molecule has 100 valence electrons. The lowest BCUT2D eigenvalue weighted by molar-refractivity contribution is 0.459. The first-order chi connectivity index (χ1) is 9.66. The van der Waals surface area contributed by atoms with Gasteiger partial charge in [0.05, 0.1) is 11.7 Å². The number of aromatic amines is 2. The number of hydrogen-bond acceptors (Lipinski definition) is 5. The fraction of sp³-hybridized carbons (Fsp3) is 0. The molecule has 0 aliphatic carbocycles. The number of H-pyrrole nitrogens is 2. The highest BCUT2D eigenvalue weighted by molar-refractivity contribution is 6.32. The van der Waals surface area contributed by atoms with Gasteiger partial charge in [-0.25, -0.2) is 5.10 Å². The molecule has 0 fully saturated rings. The molecule has 0 bridgehead atoms. The second-order valence-corrected chi connectivity index (χ2v) is 4.34. The maximum absolute atomic E-state index is 11.3. The zero-order valence-electron chi connectivity index (χ0n) is 9.96. The van der Waals surface area contributed by atoms with E-state index in [-0.39, 0.29) is 22.3 Å². The molecule has 0 radical (unpaired) electrons. The van der Waals surface area contributed by atoms with Crippen LogP contribution < -0.4 is 5.56 Å². The van der Waals surface area contributed by atoms with Crippen molar-refractivity contribution in [3.63, 3.8) is 0 Å². The van der Waals surface area contributed by atoms with E-state index in [1.807, 2.05) is 12.1 Å². The number of aromatic nitrogens is 3. The predicted octanol–water partition coefficient (Wildman–Crippen LogP) is 3.03. The van der Waals surface area contributed by atoms with Crippen molar-refractivity contribution in [2.45, 2.75) is 0 Å². The lowest BCUT2D eigenvalue weighted by Crippen LogP contribution is -2.06. The van der Waals surface area contributed by atoms with Crippen LogP contribution in [-0.2, 0) is 0 Å². The number of nitrogens with one attached hydrogen (secondary N) is 2. The maximum Gasteiger partial charge on any atom is 0.285 e. The van der Waals surface area contributed by atoms with Crippen molar-refractivity contribution in [3.8, 4) is 5.88 Å². The normalized spacial score (nSPS) is 11.4. The van der Waals surface area contributed by atoms with Gasteiger partial charge in [0.15, 0.2) is 5.69 Å². The number of benzene rings is 1. The van der Waals surface area contributed by atoms with E-state index in [4.69, 9.17) is 11.6 Å². The predicted molar refractivity (Wildman–Crippen MR) is 74.0 cm³/mol. The third-order valence-corrected chi connectivity index (χ3v) is 3.06. The van der Waals surface area contributed by atoms with Gasteiger partial charge < -0.3 is 10.1 Å². The van der Waals surface area contributed by atoms with Gasteiger partial charge in [-0.2, -0.15) is 5.10 Å². The number of azo groups is 1. The molecule has 20 heavy (non-hydrogen) atoms. The Labute approximate surface area is 116 Å². The summed E-state index contributed by atoms with van der Waals surface area (Å²) in [5, 5.41) is 24.0. The number of fused-ring (bicyclic) bond motifs is 1. The van der Waals surface area contributed by atoms with Gasteiger partial charge in [-0.3, -0.25) is 4.79 Å². The Morgan fingerprint density at radius 1 is 1.25 bits per heavy atom. The number of hydrogen-bond donors (Lipinski definition) is 3. The number of nitrogens with zero attached hydrogens (tertiary/aromatic N) is 3. The van der Waals surface area contributed by atoms with Gasteiger partial charge in [0, 0.05) is 5.39 Å². The molecule has 0 spiro atoms. The van der Waals surface area contributed by atoms with Crippen molar-refractivity contribution >= 4 is 33.9 Å². The van der Waals surface area contributed by atoms with Crippen molar-refractivity contribution in [3.05, 3.63) is 45.8 Å². The summed E-state index contributed by atoms with van der Waals surface area (Å²) in [5.41, 5.74) is 0.581. The van der Waals surface area contributed by atoms with Crippen LogP contribution in [-0.4, -0.2) is 20.3 Å². The highest BCUT2D eigenvalue weighted by Crippen LogP contribution is 2.36. The lowest BCUT2D eigenvalue weighted by atomic mass is 10.2. The molecule has 0 amide bonds. The van der Waals surface area contributed by atoms with Gasteiger partial charge in [-0.15, -0.1) is 10.2 Å². The van der Waals surface area contributed by atoms with Crippen LogP contribution in [0.4, 0.5) is 11.4 Å². The Morgan fingerprint density at radius 2 is 2.05 bits per heavy atom. The van der Waals surface area contributed by atoms with E-state index in [1.54, 1.807) is 12.1 Å². The van der Waals surface area contributed by atoms with Crippen LogP contribution >= 0.6 is 11.6 Å². The van der Waals surface area contributed by atoms with Crippen molar-refractivity contribution < 1.29 is 5.11 Å². The summed E-state index contributed by atoms with van der Waals surface area (Å²) in [6.45, 7) is 0. The fourth-order valence-electron chi connectivity index (χ4n) is 1.76. The Kier molecular flexibility index (Phi) is 2.96. The van der Waals surface area contributed by atoms with E-state index in [9.17, 15) is 9.90 Å². The van der Waals surface area contributed by atoms with E-state index in [1.165, 1.54) is 6.20 Å². The first-order valence-corrected chi connectivity index (χ1v) is 5.99. The molecule has 0 unspecified atom stereocenters. The van der Waals surface area contributed by atoms with Gasteiger partial charge >= 0.3 is 0 Å². The van der Waals surface area contributed by atoms with E-state index in [2.05, 4.69) is 25.4 Å². The van der Waals surface area contributed by atoms with E-state index < -0.39 is 5.56 Å². The van der Waals surface area contributed by atoms with Gasteiger partial charge in [0.1, 0.15) is 10.7 Å². The standard InChI is InChI=1S/C12H8ClN5O2/c13-9-8(5-14-18-11(9)19)16-17-10-6-3-1-2-4-7(6)15-12(10)20/h1-5,15,20H,(H,18,19). The molecule has 0 saturated heterocycles. The smallest absolute Gasteiger partial charge is 0.285 e. The molecular formula is C12H8ClN5O2. The van der Waals surface area contributed by atoms with Crippen molar-refractivity contribution in [2.24, 2.45) is 10.2 Å². The molecule has 3 N–H and O–H groups in total. The molecule has 0 atom stereocenters. The molecule has 0 aliphatic heterocycles. The maximum atomic E-state index is 11.3. The summed E-state index contributed by atoms with van der Waals surface area (Å²) >= 11 is 5.78. The summed E-state index contributed by atoms with van der Waals surface area (Å²) in [4.78, 5) is 14.0. The zero-order chi connectivity index (χ0) is 14.1. The Bertz CT molecular complexity index is 868. The highest BCUT2D eigenvalue weighted by atomic mass is 35.5. The third-order valence-electron chi connectivity index (χ3n) is 2.69. The van der Waals surface area contributed by atoms with Crippen LogP contribution in [0.5, 0.6) is 5.88 Å². The summed E-state index contributed by atoms with van der Waals surface area (Å²) in [6.07, 6.45) is 1.28. The average Bonchev–Trinajstić information content (AvgIpc) is 2.76. The zero-order valence-corrected chi connectivity index (χ0v) is 10.7. The molecular weight excluding hydrogens is 282 g/mol. The van der Waals surface area contributed by atoms with Gasteiger partial charge in [-0.1, -0.05) is 29.8 Å². The third kappa shape index (κ3) is 2.04. The first kappa shape index (κ1) is 12.4. The fourth-order valence-corrected chi connectivity index (χ4v) is 1.89. The number of halogens is 1. The molecule has 3 rings (SSSR count). The molecule has 7 nitrogen and oxygen atoms in total. The quantitative estimate of drug-likeness (QED) is 0.631. The second-order valence-electron chi connectivity index (χ2n) is 3.97. The number of rotatable bonds is 2. The van der Waals surface area contributed by atoms with Gasteiger partial charge in [0.25, 0.3) is 5.56 Å². The minimum absolute atomic E-state index is 0.108. The van der Waals surface area contributed by atoms with Crippen LogP contribution in [0.25, 0.3) is 10.9 Å². The molecule has 2 aromatic heterocycles. The van der Waals surface area contributed by atoms with Crippen LogP contribution in [0.3, 0.4) is 0 Å². The first-order valence-electron chi connectivity index (χ1n) is 5.61. The largest absolute Gasteiger partial charge is 0.493 e. The lowest BCUT2D eigenvalue weighted by Gasteiger charge is -1.94. The van der Waals surface area contributed by atoms with Crippen LogP contribution in [0.2, 0.25) is 5.02 Å². The van der Waals surface area contributed by atoms with Crippen LogP contribution in [0.1, 0.15) is 0 Å². The van der Waals surface area contributed by atoms with Crippen LogP contribution in [0, 0.1) is 0 Å². The van der Waals surface area contributed by atoms with Gasteiger partial charge in [-0.05, 0) is 6.07 Å². The highest BCUT2D eigenvalue weighted by Gasteiger charge is 2.10. The number of aromatic hydroxyl groups is 1. The van der Waals surface area contributed by atoms with Crippen LogP contribution in [0.15, 0.2) is 45.5 Å². The Hall–Kier alpha value is -2.67. The Morgan fingerprint density at radius 3 is 2.90 bits per heavy atom. The van der Waals surface area contributed by atoms with Crippen molar-refractivity contribution in [2.75, 3.05) is 0 Å². The van der Waals surface area contributed by atoms with Crippen molar-refractivity contribution in [1.82, 2.24) is 15.2 Å². The molecule has 0 aliphatic rings. The molecule has 1 aromatic carbocycles. The van der Waals surface area contributed by atoms with E-state index >= 15 is 0 Å². The van der Waals surface area contributed by atoms with Crippen molar-refractivity contribution in [1.29, 1.82) is 0 Å². The molecule has 0 saturated carbocycles. The molecule has 8 heteroatoms. The summed E-state index contributed by atoms with van der Waals surface area (Å²) in [6, 6.07) is 7.24. The number of para-hydroxylation sites is 1. The van der Waals surface area contributed by atoms with E-state index in [0.717, 1.165) is 5.52 Å².